The minimum Gasteiger partial charge on any atom is -0.461 e. The van der Waals surface area contributed by atoms with Crippen LogP contribution >= 0.6 is 0 Å². The fraction of sp³-hybridized carbons (Fsp3) is 0.444. The van der Waals surface area contributed by atoms with Gasteiger partial charge in [0.2, 0.25) is 0 Å². The molecule has 2 aromatic rings. The quantitative estimate of drug-likeness (QED) is 0.746. The smallest absolute Gasteiger partial charge is 0.359 e. The molecular weight excluding hydrogens is 224 g/mol. The molecule has 0 fully saturated rings. The van der Waals surface area contributed by atoms with Crippen LogP contribution in [0.25, 0.3) is 0 Å². The van der Waals surface area contributed by atoms with E-state index >= 15 is 0 Å². The summed E-state index contributed by atoms with van der Waals surface area (Å²) in [4.78, 5) is 11.5. The zero-order valence-electron chi connectivity index (χ0n) is 9.54. The van der Waals surface area contributed by atoms with Gasteiger partial charge in [-0.05, 0) is 24.3 Å². The van der Waals surface area contributed by atoms with Crippen molar-refractivity contribution in [3.8, 4) is 0 Å². The van der Waals surface area contributed by atoms with Crippen molar-refractivity contribution in [1.82, 2.24) is 30.4 Å². The van der Waals surface area contributed by atoms with Gasteiger partial charge >= 0.3 is 5.97 Å². The van der Waals surface area contributed by atoms with E-state index in [1.807, 2.05) is 0 Å². The second kappa shape index (κ2) is 4.73. The van der Waals surface area contributed by atoms with Crippen LogP contribution in [0.2, 0.25) is 0 Å². The third kappa shape index (κ3) is 2.30. The monoisotopic (exact) mass is 236 g/mol. The van der Waals surface area contributed by atoms with Gasteiger partial charge in [-0.1, -0.05) is 0 Å². The van der Waals surface area contributed by atoms with E-state index < -0.39 is 5.97 Å². The molecule has 0 saturated heterocycles. The summed E-state index contributed by atoms with van der Waals surface area (Å²) < 4.78 is 6.43. The fourth-order valence-electron chi connectivity index (χ4n) is 1.40. The SMILES string of the molecule is CCOC(=O)c1n[nH]c(Cn2cnnn2)c1C. The van der Waals surface area contributed by atoms with Gasteiger partial charge in [0.05, 0.1) is 18.8 Å². The summed E-state index contributed by atoms with van der Waals surface area (Å²) >= 11 is 0. The molecule has 2 rings (SSSR count). The number of esters is 1. The van der Waals surface area contributed by atoms with Crippen LogP contribution in [-0.2, 0) is 11.3 Å². The van der Waals surface area contributed by atoms with Crippen molar-refractivity contribution in [2.75, 3.05) is 6.61 Å². The molecule has 0 aliphatic rings. The Morgan fingerprint density at radius 3 is 3.06 bits per heavy atom. The van der Waals surface area contributed by atoms with E-state index in [1.165, 1.54) is 11.0 Å². The average Bonchev–Trinajstić information content (AvgIpc) is 2.91. The molecule has 8 heteroatoms. The van der Waals surface area contributed by atoms with Crippen LogP contribution < -0.4 is 0 Å². The zero-order chi connectivity index (χ0) is 12.3. The molecule has 2 aromatic heterocycles. The molecule has 0 aliphatic carbocycles. The lowest BCUT2D eigenvalue weighted by atomic mass is 10.2. The summed E-state index contributed by atoms with van der Waals surface area (Å²) in [6.45, 7) is 4.32. The number of nitrogens with one attached hydrogen (secondary N) is 1. The lowest BCUT2D eigenvalue weighted by molar-refractivity contribution is 0.0518. The Kier molecular flexibility index (Phi) is 3.12. The molecule has 0 radical (unpaired) electrons. The van der Waals surface area contributed by atoms with Crippen molar-refractivity contribution in [2.24, 2.45) is 0 Å². The second-order valence-corrected chi connectivity index (χ2v) is 3.40. The number of nitrogens with zero attached hydrogens (tertiary/aromatic N) is 5. The summed E-state index contributed by atoms with van der Waals surface area (Å²) in [5.74, 6) is -0.427. The molecule has 0 bridgehead atoms. The Morgan fingerprint density at radius 2 is 2.41 bits per heavy atom. The van der Waals surface area contributed by atoms with Crippen LogP contribution in [-0.4, -0.2) is 43.0 Å². The molecule has 0 aromatic carbocycles. The third-order valence-electron chi connectivity index (χ3n) is 2.29. The fourth-order valence-corrected chi connectivity index (χ4v) is 1.40. The molecule has 2 heterocycles. The van der Waals surface area contributed by atoms with Crippen LogP contribution in [0, 0.1) is 6.92 Å². The molecule has 17 heavy (non-hydrogen) atoms. The maximum Gasteiger partial charge on any atom is 0.359 e. The summed E-state index contributed by atoms with van der Waals surface area (Å²) in [5.41, 5.74) is 1.83. The molecule has 0 saturated carbocycles. The summed E-state index contributed by atoms with van der Waals surface area (Å²) in [5, 5.41) is 17.5. The molecule has 0 atom stereocenters. The van der Waals surface area contributed by atoms with E-state index in [2.05, 4.69) is 25.7 Å². The summed E-state index contributed by atoms with van der Waals surface area (Å²) in [6.07, 6.45) is 1.49. The van der Waals surface area contributed by atoms with E-state index in [0.717, 1.165) is 11.3 Å². The first-order valence-corrected chi connectivity index (χ1v) is 5.14. The minimum atomic E-state index is -0.427. The zero-order valence-corrected chi connectivity index (χ0v) is 9.54. The highest BCUT2D eigenvalue weighted by Crippen LogP contribution is 2.11. The van der Waals surface area contributed by atoms with Crippen LogP contribution in [0.1, 0.15) is 28.7 Å². The predicted molar refractivity (Wildman–Crippen MR) is 56.2 cm³/mol. The van der Waals surface area contributed by atoms with E-state index in [1.54, 1.807) is 13.8 Å². The van der Waals surface area contributed by atoms with E-state index in [-0.39, 0.29) is 0 Å². The van der Waals surface area contributed by atoms with Gasteiger partial charge in [-0.3, -0.25) is 5.10 Å². The number of rotatable bonds is 4. The van der Waals surface area contributed by atoms with Crippen LogP contribution in [0.4, 0.5) is 0 Å². The Balaban J connectivity index is 2.18. The second-order valence-electron chi connectivity index (χ2n) is 3.40. The van der Waals surface area contributed by atoms with Crippen LogP contribution in [0.5, 0.6) is 0 Å². The first-order valence-electron chi connectivity index (χ1n) is 5.14. The van der Waals surface area contributed by atoms with Gasteiger partial charge in [-0.15, -0.1) is 5.10 Å². The standard InChI is InChI=1S/C9H12N6O2/c1-3-17-9(16)8-6(2)7(11-12-8)4-15-5-10-13-14-15/h5H,3-4H2,1-2H3,(H,11,12). The highest BCUT2D eigenvalue weighted by atomic mass is 16.5. The Bertz CT molecular complexity index is 504. The highest BCUT2D eigenvalue weighted by molar-refractivity contribution is 5.89. The number of tetrazole rings is 1. The lowest BCUT2D eigenvalue weighted by Gasteiger charge is -2.00. The van der Waals surface area contributed by atoms with Crippen LogP contribution in [0.3, 0.4) is 0 Å². The first-order chi connectivity index (χ1) is 8.22. The van der Waals surface area contributed by atoms with Crippen LogP contribution in [0.15, 0.2) is 6.33 Å². The molecular formula is C9H12N6O2. The number of carbonyl (C=O) groups excluding carboxylic acids is 1. The number of hydrogen-bond acceptors (Lipinski definition) is 6. The Morgan fingerprint density at radius 1 is 1.59 bits per heavy atom. The lowest BCUT2D eigenvalue weighted by Crippen LogP contribution is -2.07. The highest BCUT2D eigenvalue weighted by Gasteiger charge is 2.17. The topological polar surface area (TPSA) is 98.6 Å². The molecule has 0 aliphatic heterocycles. The van der Waals surface area contributed by atoms with E-state index in [0.29, 0.717) is 18.8 Å². The van der Waals surface area contributed by atoms with Crippen molar-refractivity contribution in [3.05, 3.63) is 23.3 Å². The van der Waals surface area contributed by atoms with Gasteiger partial charge in [-0.25, -0.2) is 9.48 Å². The number of hydrogen-bond donors (Lipinski definition) is 1. The molecule has 1 N–H and O–H groups in total. The number of ether oxygens (including phenoxy) is 1. The Hall–Kier alpha value is -2.25. The molecule has 90 valence electrons. The molecule has 0 amide bonds. The van der Waals surface area contributed by atoms with Gasteiger partial charge in [-0.2, -0.15) is 5.10 Å². The molecule has 0 spiro atoms. The van der Waals surface area contributed by atoms with E-state index in [9.17, 15) is 4.79 Å². The van der Waals surface area contributed by atoms with Crippen molar-refractivity contribution < 1.29 is 9.53 Å². The summed E-state index contributed by atoms with van der Waals surface area (Å²) in [6, 6.07) is 0. The van der Waals surface area contributed by atoms with Crippen molar-refractivity contribution in [1.29, 1.82) is 0 Å². The van der Waals surface area contributed by atoms with Gasteiger partial charge in [0.1, 0.15) is 6.33 Å². The third-order valence-corrected chi connectivity index (χ3v) is 2.29. The first kappa shape index (κ1) is 11.2. The number of carbonyl (C=O) groups is 1. The largest absolute Gasteiger partial charge is 0.461 e. The average molecular weight is 236 g/mol. The summed E-state index contributed by atoms with van der Waals surface area (Å²) in [7, 11) is 0. The number of aromatic amines is 1. The van der Waals surface area contributed by atoms with Gasteiger partial charge in [0, 0.05) is 5.56 Å². The van der Waals surface area contributed by atoms with Crippen molar-refractivity contribution in [3.63, 3.8) is 0 Å². The van der Waals surface area contributed by atoms with Crippen molar-refractivity contribution >= 4 is 5.97 Å². The van der Waals surface area contributed by atoms with Gasteiger partial charge in [0.15, 0.2) is 5.69 Å². The van der Waals surface area contributed by atoms with E-state index in [4.69, 9.17) is 4.74 Å². The number of H-pyrrole nitrogens is 1. The number of aromatic nitrogens is 6. The van der Waals surface area contributed by atoms with Gasteiger partial charge in [0.25, 0.3) is 0 Å². The van der Waals surface area contributed by atoms with Gasteiger partial charge < -0.3 is 4.74 Å². The molecule has 0 unspecified atom stereocenters. The maximum absolute atomic E-state index is 11.5. The normalized spacial score (nSPS) is 10.5. The Labute approximate surface area is 97.0 Å². The minimum absolute atomic E-state index is 0.301. The maximum atomic E-state index is 11.5. The molecule has 8 nitrogen and oxygen atoms in total. The van der Waals surface area contributed by atoms with Crippen molar-refractivity contribution in [2.45, 2.75) is 20.4 Å². The predicted octanol–water partition coefficient (Wildman–Crippen LogP) is -0.0704.